The summed E-state index contributed by atoms with van der Waals surface area (Å²) in [5, 5.41) is 8.85. The molecule has 1 aromatic carbocycles. The molecule has 1 aliphatic heterocycles. The smallest absolute Gasteiger partial charge is 0.306 e. The Morgan fingerprint density at radius 1 is 1.35 bits per heavy atom. The number of esters is 1. The number of rotatable bonds is 6. The molecule has 126 valence electrons. The van der Waals surface area contributed by atoms with Gasteiger partial charge in [0.1, 0.15) is 11.4 Å². The van der Waals surface area contributed by atoms with Gasteiger partial charge in [-0.15, -0.1) is 0 Å². The molecule has 1 aromatic rings. The minimum Gasteiger partial charge on any atom is -0.461 e. The molecule has 3 atom stereocenters. The molecule has 2 rings (SSSR count). The number of benzene rings is 1. The van der Waals surface area contributed by atoms with E-state index in [2.05, 4.69) is 0 Å². The summed E-state index contributed by atoms with van der Waals surface area (Å²) in [7, 11) is -3.85. The van der Waals surface area contributed by atoms with Gasteiger partial charge in [0, 0.05) is 6.42 Å². The summed E-state index contributed by atoms with van der Waals surface area (Å²) in [6.07, 6.45) is 3.94. The van der Waals surface area contributed by atoms with E-state index in [-0.39, 0.29) is 12.4 Å². The first kappa shape index (κ1) is 17.7. The van der Waals surface area contributed by atoms with Gasteiger partial charge in [0.15, 0.2) is 15.3 Å². The second kappa shape index (κ2) is 7.75. The third-order valence-corrected chi connectivity index (χ3v) is 6.22. The molecule has 1 N–H and O–H groups in total. The monoisotopic (exact) mass is 338 g/mol. The van der Waals surface area contributed by atoms with E-state index < -0.39 is 26.6 Å². The average molecular weight is 338 g/mol. The summed E-state index contributed by atoms with van der Waals surface area (Å²) in [5.74, 6) is -0.388. The number of hydrogen-bond donors (Lipinski definition) is 1. The van der Waals surface area contributed by atoms with Crippen LogP contribution in [-0.2, 0) is 19.4 Å². The zero-order valence-electron chi connectivity index (χ0n) is 13.1. The van der Waals surface area contributed by atoms with Gasteiger partial charge in [0.25, 0.3) is 0 Å². The van der Waals surface area contributed by atoms with E-state index in [0.717, 1.165) is 5.56 Å². The Kier molecular flexibility index (Phi) is 5.96. The van der Waals surface area contributed by atoms with Crippen molar-refractivity contribution in [1.29, 1.82) is 0 Å². The normalized spacial score (nSPS) is 21.8. The quantitative estimate of drug-likeness (QED) is 0.805. The van der Waals surface area contributed by atoms with Gasteiger partial charge < -0.3 is 9.84 Å². The van der Waals surface area contributed by atoms with Crippen molar-refractivity contribution in [2.24, 2.45) is 0 Å². The molecule has 23 heavy (non-hydrogen) atoms. The van der Waals surface area contributed by atoms with Gasteiger partial charge in [-0.25, -0.2) is 8.42 Å². The summed E-state index contributed by atoms with van der Waals surface area (Å²) in [4.78, 5) is 11.5. The van der Waals surface area contributed by atoms with Crippen LogP contribution in [0.25, 0.3) is 6.08 Å². The Morgan fingerprint density at radius 2 is 2.04 bits per heavy atom. The molecule has 0 spiro atoms. The third-order valence-electron chi connectivity index (χ3n) is 3.90. The lowest BCUT2D eigenvalue weighted by atomic mass is 10.0. The van der Waals surface area contributed by atoms with Crippen LogP contribution in [0, 0.1) is 0 Å². The maximum atomic E-state index is 12.6. The minimum absolute atomic E-state index is 0.0959. The fourth-order valence-electron chi connectivity index (χ4n) is 2.59. The van der Waals surface area contributed by atoms with Crippen molar-refractivity contribution in [2.75, 3.05) is 0 Å². The Labute approximate surface area is 136 Å². The van der Waals surface area contributed by atoms with Gasteiger partial charge in [0.2, 0.25) is 0 Å². The SMILES string of the molecule is CCC(O)S(=O)(=O)C(C=Cc1ccccc1)C1CCCC(=O)O1. The van der Waals surface area contributed by atoms with Crippen LogP contribution >= 0.6 is 0 Å². The predicted molar refractivity (Wildman–Crippen MR) is 88.2 cm³/mol. The Hall–Kier alpha value is -1.66. The fraction of sp³-hybridized carbons (Fsp3) is 0.471. The van der Waals surface area contributed by atoms with Gasteiger partial charge in [0.05, 0.1) is 0 Å². The van der Waals surface area contributed by atoms with E-state index in [1.54, 1.807) is 13.0 Å². The highest BCUT2D eigenvalue weighted by Crippen LogP contribution is 2.26. The van der Waals surface area contributed by atoms with Crippen molar-refractivity contribution < 1.29 is 23.1 Å². The maximum Gasteiger partial charge on any atom is 0.306 e. The zero-order valence-corrected chi connectivity index (χ0v) is 13.9. The molecule has 1 heterocycles. The van der Waals surface area contributed by atoms with Crippen molar-refractivity contribution in [3.8, 4) is 0 Å². The number of aliphatic hydroxyl groups excluding tert-OH is 1. The summed E-state index contributed by atoms with van der Waals surface area (Å²) in [6.45, 7) is 1.60. The first-order valence-corrected chi connectivity index (χ1v) is 9.39. The van der Waals surface area contributed by atoms with Crippen molar-refractivity contribution in [3.63, 3.8) is 0 Å². The summed E-state index contributed by atoms with van der Waals surface area (Å²) in [6, 6.07) is 9.28. The number of cyclic esters (lactones) is 1. The second-order valence-electron chi connectivity index (χ2n) is 5.61. The van der Waals surface area contributed by atoms with Gasteiger partial charge in [-0.05, 0) is 24.8 Å². The first-order chi connectivity index (χ1) is 10.9. The van der Waals surface area contributed by atoms with Gasteiger partial charge in [-0.2, -0.15) is 0 Å². The van der Waals surface area contributed by atoms with Crippen LogP contribution in [-0.4, -0.2) is 36.3 Å². The van der Waals surface area contributed by atoms with Crippen LogP contribution in [0.5, 0.6) is 0 Å². The number of carbonyl (C=O) groups excluding carboxylic acids is 1. The largest absolute Gasteiger partial charge is 0.461 e. The molecular weight excluding hydrogens is 316 g/mol. The van der Waals surface area contributed by atoms with E-state index in [4.69, 9.17) is 4.74 Å². The van der Waals surface area contributed by atoms with E-state index >= 15 is 0 Å². The highest BCUT2D eigenvalue weighted by Gasteiger charge is 2.39. The number of carbonyl (C=O) groups is 1. The standard InChI is InChI=1S/C17H22O5S/c1-2-17(19)23(20,21)15(14-9-6-10-16(18)22-14)12-11-13-7-4-3-5-8-13/h3-5,7-8,11-12,14-15,17,19H,2,6,9-10H2,1H3. The summed E-state index contributed by atoms with van der Waals surface area (Å²) >= 11 is 0. The lowest BCUT2D eigenvalue weighted by molar-refractivity contribution is -0.153. The molecule has 1 aliphatic rings. The highest BCUT2D eigenvalue weighted by atomic mass is 32.2. The molecule has 3 unspecified atom stereocenters. The van der Waals surface area contributed by atoms with E-state index in [0.29, 0.717) is 19.3 Å². The van der Waals surface area contributed by atoms with Gasteiger partial charge in [-0.3, -0.25) is 4.79 Å². The lowest BCUT2D eigenvalue weighted by Crippen LogP contribution is -2.42. The zero-order chi connectivity index (χ0) is 16.9. The molecular formula is C17H22O5S. The predicted octanol–water partition coefficient (Wildman–Crippen LogP) is 2.31. The molecule has 0 amide bonds. The van der Waals surface area contributed by atoms with Crippen molar-refractivity contribution in [3.05, 3.63) is 42.0 Å². The van der Waals surface area contributed by atoms with Crippen molar-refractivity contribution in [1.82, 2.24) is 0 Å². The number of aliphatic hydroxyl groups is 1. The molecule has 1 saturated heterocycles. The number of sulfone groups is 1. The van der Waals surface area contributed by atoms with Gasteiger partial charge in [-0.1, -0.05) is 49.4 Å². The van der Waals surface area contributed by atoms with Crippen LogP contribution in [0.4, 0.5) is 0 Å². The summed E-state index contributed by atoms with van der Waals surface area (Å²) < 4.78 is 30.4. The average Bonchev–Trinajstić information content (AvgIpc) is 2.55. The Bertz CT molecular complexity index is 651. The molecule has 6 heteroatoms. The topological polar surface area (TPSA) is 80.7 Å². The van der Waals surface area contributed by atoms with Gasteiger partial charge >= 0.3 is 5.97 Å². The van der Waals surface area contributed by atoms with Crippen molar-refractivity contribution in [2.45, 2.75) is 49.4 Å². The number of hydrogen-bond acceptors (Lipinski definition) is 5. The van der Waals surface area contributed by atoms with Crippen LogP contribution in [0.15, 0.2) is 36.4 Å². The lowest BCUT2D eigenvalue weighted by Gasteiger charge is -2.29. The van der Waals surface area contributed by atoms with E-state index in [1.807, 2.05) is 30.3 Å². The molecule has 5 nitrogen and oxygen atoms in total. The first-order valence-electron chi connectivity index (χ1n) is 7.78. The fourth-order valence-corrected chi connectivity index (χ4v) is 4.33. The van der Waals surface area contributed by atoms with Crippen LogP contribution in [0.2, 0.25) is 0 Å². The minimum atomic E-state index is -3.85. The Balaban J connectivity index is 2.31. The van der Waals surface area contributed by atoms with E-state index in [1.165, 1.54) is 6.08 Å². The molecule has 0 aromatic heterocycles. The van der Waals surface area contributed by atoms with Crippen molar-refractivity contribution >= 4 is 21.9 Å². The summed E-state index contributed by atoms with van der Waals surface area (Å²) in [5.41, 5.74) is -0.616. The number of ether oxygens (including phenoxy) is 1. The van der Waals surface area contributed by atoms with Crippen LogP contribution in [0.3, 0.4) is 0 Å². The van der Waals surface area contributed by atoms with Crippen LogP contribution in [0.1, 0.15) is 38.2 Å². The highest BCUT2D eigenvalue weighted by molar-refractivity contribution is 7.92. The molecule has 1 fully saturated rings. The Morgan fingerprint density at radius 3 is 2.65 bits per heavy atom. The van der Waals surface area contributed by atoms with Crippen LogP contribution < -0.4 is 0 Å². The molecule has 0 radical (unpaired) electrons. The maximum absolute atomic E-state index is 12.6. The molecule has 0 aliphatic carbocycles. The molecule has 0 saturated carbocycles. The third kappa shape index (κ3) is 4.42. The second-order valence-corrected chi connectivity index (χ2v) is 7.87. The van der Waals surface area contributed by atoms with E-state index in [9.17, 15) is 18.3 Å². The molecule has 0 bridgehead atoms.